The number of hydrogen-bond acceptors (Lipinski definition) is 4. The number of carbonyl (C=O) groups is 2. The summed E-state index contributed by atoms with van der Waals surface area (Å²) in [7, 11) is 0. The standard InChI is InChI=1S/C19H27NO4/c1-13(2)15-8-10-16(11-9-15)19(23)24-20-17(18(21)22)12-14-6-4-3-5-7-14/h3-7,13,15-17,20H,8-12H2,1-2H3,(H,21,22). The maximum Gasteiger partial charge on any atom is 0.327 e. The molecule has 132 valence electrons. The van der Waals surface area contributed by atoms with Crippen LogP contribution < -0.4 is 5.48 Å². The Kier molecular flexibility index (Phi) is 6.79. The second-order valence-corrected chi connectivity index (χ2v) is 6.98. The molecule has 1 unspecified atom stereocenters. The summed E-state index contributed by atoms with van der Waals surface area (Å²) in [6, 6.07) is 8.35. The van der Waals surface area contributed by atoms with Crippen LogP contribution in [0.5, 0.6) is 0 Å². The predicted molar refractivity (Wildman–Crippen MR) is 91.1 cm³/mol. The minimum Gasteiger partial charge on any atom is -0.480 e. The number of hydrogen-bond donors (Lipinski definition) is 2. The number of aliphatic carboxylic acids is 1. The molecule has 2 N–H and O–H groups in total. The van der Waals surface area contributed by atoms with E-state index >= 15 is 0 Å². The molecule has 1 aliphatic rings. The van der Waals surface area contributed by atoms with E-state index in [0.29, 0.717) is 11.8 Å². The fraction of sp³-hybridized carbons (Fsp3) is 0.579. The van der Waals surface area contributed by atoms with E-state index in [-0.39, 0.29) is 18.3 Å². The maximum absolute atomic E-state index is 12.2. The Bertz CT molecular complexity index is 536. The Morgan fingerprint density at radius 3 is 2.33 bits per heavy atom. The second kappa shape index (κ2) is 8.83. The maximum atomic E-state index is 12.2. The van der Waals surface area contributed by atoms with Crippen molar-refractivity contribution in [2.24, 2.45) is 17.8 Å². The molecule has 0 aliphatic heterocycles. The van der Waals surface area contributed by atoms with Crippen molar-refractivity contribution in [3.8, 4) is 0 Å². The molecule has 0 saturated heterocycles. The van der Waals surface area contributed by atoms with E-state index in [0.717, 1.165) is 31.2 Å². The Balaban J connectivity index is 1.81. The lowest BCUT2D eigenvalue weighted by Crippen LogP contribution is -2.41. The molecule has 5 nitrogen and oxygen atoms in total. The highest BCUT2D eigenvalue weighted by Crippen LogP contribution is 2.33. The van der Waals surface area contributed by atoms with Gasteiger partial charge in [0.2, 0.25) is 0 Å². The number of carboxylic acid groups (broad SMARTS) is 1. The summed E-state index contributed by atoms with van der Waals surface area (Å²) in [5.74, 6) is -0.181. The average molecular weight is 333 g/mol. The van der Waals surface area contributed by atoms with Crippen LogP contribution in [0, 0.1) is 17.8 Å². The van der Waals surface area contributed by atoms with Gasteiger partial charge in [0.1, 0.15) is 6.04 Å². The van der Waals surface area contributed by atoms with Crippen LogP contribution in [-0.4, -0.2) is 23.1 Å². The SMILES string of the molecule is CC(C)C1CCC(C(=O)ONC(Cc2ccccc2)C(=O)O)CC1. The number of carbonyl (C=O) groups excluding carboxylic acids is 1. The van der Waals surface area contributed by atoms with Gasteiger partial charge in [0.05, 0.1) is 5.92 Å². The smallest absolute Gasteiger partial charge is 0.327 e. The van der Waals surface area contributed by atoms with Crippen molar-refractivity contribution >= 4 is 11.9 Å². The first-order valence-electron chi connectivity index (χ1n) is 8.70. The van der Waals surface area contributed by atoms with Crippen molar-refractivity contribution in [3.63, 3.8) is 0 Å². The van der Waals surface area contributed by atoms with Crippen LogP contribution in [0.1, 0.15) is 45.1 Å². The van der Waals surface area contributed by atoms with Crippen LogP contribution >= 0.6 is 0 Å². The van der Waals surface area contributed by atoms with Crippen LogP contribution in [0.3, 0.4) is 0 Å². The Morgan fingerprint density at radius 1 is 1.17 bits per heavy atom. The molecule has 0 radical (unpaired) electrons. The van der Waals surface area contributed by atoms with E-state index < -0.39 is 12.0 Å². The number of hydroxylamine groups is 1. The molecule has 1 aliphatic carbocycles. The van der Waals surface area contributed by atoms with E-state index in [1.807, 2.05) is 30.3 Å². The number of benzene rings is 1. The van der Waals surface area contributed by atoms with Gasteiger partial charge in [-0.3, -0.25) is 9.59 Å². The van der Waals surface area contributed by atoms with Gasteiger partial charge in [-0.15, -0.1) is 5.48 Å². The summed E-state index contributed by atoms with van der Waals surface area (Å²) in [6.45, 7) is 4.43. The lowest BCUT2D eigenvalue weighted by atomic mass is 9.77. The first-order valence-corrected chi connectivity index (χ1v) is 8.70. The van der Waals surface area contributed by atoms with Crippen molar-refractivity contribution in [1.29, 1.82) is 0 Å². The summed E-state index contributed by atoms with van der Waals surface area (Å²) < 4.78 is 0. The van der Waals surface area contributed by atoms with Crippen LogP contribution in [0.4, 0.5) is 0 Å². The number of nitrogens with one attached hydrogen (secondary N) is 1. The zero-order valence-electron chi connectivity index (χ0n) is 14.4. The highest BCUT2D eigenvalue weighted by atomic mass is 16.7. The molecular weight excluding hydrogens is 306 g/mol. The van der Waals surface area contributed by atoms with Crippen molar-refractivity contribution in [3.05, 3.63) is 35.9 Å². The van der Waals surface area contributed by atoms with Crippen LogP contribution in [0.25, 0.3) is 0 Å². The van der Waals surface area contributed by atoms with E-state index in [1.165, 1.54) is 0 Å². The first kappa shape index (κ1) is 18.5. The second-order valence-electron chi connectivity index (χ2n) is 6.98. The van der Waals surface area contributed by atoms with E-state index in [9.17, 15) is 14.7 Å². The normalized spacial score (nSPS) is 22.1. The van der Waals surface area contributed by atoms with Gasteiger partial charge in [-0.25, -0.2) is 0 Å². The first-order chi connectivity index (χ1) is 11.5. The van der Waals surface area contributed by atoms with Gasteiger partial charge in [-0.05, 0) is 43.1 Å². The fourth-order valence-corrected chi connectivity index (χ4v) is 3.26. The monoisotopic (exact) mass is 333 g/mol. The lowest BCUT2D eigenvalue weighted by molar-refractivity contribution is -0.163. The average Bonchev–Trinajstić information content (AvgIpc) is 2.59. The Hall–Kier alpha value is -1.88. The van der Waals surface area contributed by atoms with Crippen molar-refractivity contribution in [2.45, 2.75) is 52.0 Å². The molecule has 1 fully saturated rings. The molecule has 2 rings (SSSR count). The third-order valence-corrected chi connectivity index (χ3v) is 4.93. The molecule has 0 heterocycles. The minimum atomic E-state index is -1.03. The molecule has 1 atom stereocenters. The molecule has 1 aromatic carbocycles. The van der Waals surface area contributed by atoms with Crippen molar-refractivity contribution < 1.29 is 19.5 Å². The lowest BCUT2D eigenvalue weighted by Gasteiger charge is -2.29. The Morgan fingerprint density at radius 2 is 1.79 bits per heavy atom. The fourth-order valence-electron chi connectivity index (χ4n) is 3.26. The quantitative estimate of drug-likeness (QED) is 0.750. The molecule has 1 aromatic rings. The van der Waals surface area contributed by atoms with Gasteiger partial charge in [0.25, 0.3) is 0 Å². The van der Waals surface area contributed by atoms with Gasteiger partial charge in [-0.2, -0.15) is 0 Å². The van der Waals surface area contributed by atoms with Gasteiger partial charge in [-0.1, -0.05) is 44.2 Å². The van der Waals surface area contributed by atoms with E-state index in [1.54, 1.807) is 0 Å². The summed E-state index contributed by atoms with van der Waals surface area (Å²) >= 11 is 0. The molecule has 0 amide bonds. The number of carboxylic acids is 1. The van der Waals surface area contributed by atoms with E-state index in [4.69, 9.17) is 4.84 Å². The van der Waals surface area contributed by atoms with Crippen molar-refractivity contribution in [1.82, 2.24) is 5.48 Å². The molecule has 0 spiro atoms. The third-order valence-electron chi connectivity index (χ3n) is 4.93. The minimum absolute atomic E-state index is 0.126. The van der Waals surface area contributed by atoms with Crippen LogP contribution in [0.15, 0.2) is 30.3 Å². The summed E-state index contributed by atoms with van der Waals surface area (Å²) in [5, 5.41) is 9.30. The zero-order valence-corrected chi connectivity index (χ0v) is 14.4. The topological polar surface area (TPSA) is 75.6 Å². The zero-order chi connectivity index (χ0) is 17.5. The summed E-state index contributed by atoms with van der Waals surface area (Å²) in [6.07, 6.45) is 3.97. The van der Waals surface area contributed by atoms with E-state index in [2.05, 4.69) is 19.3 Å². The largest absolute Gasteiger partial charge is 0.480 e. The van der Waals surface area contributed by atoms with Gasteiger partial charge in [0, 0.05) is 6.42 Å². The Labute approximate surface area is 143 Å². The summed E-state index contributed by atoms with van der Waals surface area (Å²) in [4.78, 5) is 28.6. The third kappa shape index (κ3) is 5.34. The predicted octanol–water partition coefficient (Wildman–Crippen LogP) is 3.19. The molecule has 1 saturated carbocycles. The van der Waals surface area contributed by atoms with Crippen LogP contribution in [0.2, 0.25) is 0 Å². The highest BCUT2D eigenvalue weighted by Gasteiger charge is 2.30. The van der Waals surface area contributed by atoms with Gasteiger partial charge < -0.3 is 9.94 Å². The number of rotatable bonds is 7. The van der Waals surface area contributed by atoms with Gasteiger partial charge in [0.15, 0.2) is 0 Å². The molecule has 0 aromatic heterocycles. The molecule has 5 heteroatoms. The van der Waals surface area contributed by atoms with Gasteiger partial charge >= 0.3 is 11.9 Å². The molecule has 24 heavy (non-hydrogen) atoms. The van der Waals surface area contributed by atoms with Crippen molar-refractivity contribution in [2.75, 3.05) is 0 Å². The highest BCUT2D eigenvalue weighted by molar-refractivity contribution is 5.75. The molecule has 0 bridgehead atoms. The molecular formula is C19H27NO4. The van der Waals surface area contributed by atoms with Crippen LogP contribution in [-0.2, 0) is 20.8 Å². The summed E-state index contributed by atoms with van der Waals surface area (Å²) in [5.41, 5.74) is 3.33.